The number of hydrogen-bond donors (Lipinski definition) is 1. The zero-order valence-electron chi connectivity index (χ0n) is 12.8. The highest BCUT2D eigenvalue weighted by atomic mass is 79.9. The highest BCUT2D eigenvalue weighted by Crippen LogP contribution is 2.26. The minimum atomic E-state index is 0.554. The molecular weight excluding hydrogens is 300 g/mol. The summed E-state index contributed by atoms with van der Waals surface area (Å²) in [5.41, 5.74) is 2.69. The third-order valence-corrected chi connectivity index (χ3v) is 4.04. The van der Waals surface area contributed by atoms with Gasteiger partial charge in [-0.15, -0.1) is 0 Å². The maximum Gasteiger partial charge on any atom is 0.0422 e. The van der Waals surface area contributed by atoms with Crippen molar-refractivity contribution >= 4 is 21.6 Å². The van der Waals surface area contributed by atoms with Gasteiger partial charge in [0.25, 0.3) is 0 Å². The number of halogens is 1. The fraction of sp³-hybridized carbons (Fsp3) is 0.625. The maximum atomic E-state index is 3.58. The van der Waals surface area contributed by atoms with Gasteiger partial charge in [-0.1, -0.05) is 42.8 Å². The van der Waals surface area contributed by atoms with Gasteiger partial charge in [-0.25, -0.2) is 0 Å². The molecule has 1 rings (SSSR count). The molecule has 1 N–H and O–H groups in total. The number of anilines is 1. The third kappa shape index (κ3) is 5.15. The van der Waals surface area contributed by atoms with Gasteiger partial charge < -0.3 is 10.2 Å². The third-order valence-electron chi connectivity index (χ3n) is 3.55. The molecule has 1 unspecified atom stereocenters. The van der Waals surface area contributed by atoms with E-state index in [4.69, 9.17) is 0 Å². The Kier molecular flexibility index (Phi) is 6.87. The van der Waals surface area contributed by atoms with Gasteiger partial charge in [-0.3, -0.25) is 0 Å². The lowest BCUT2D eigenvalue weighted by atomic mass is 10.1. The number of benzene rings is 1. The average Bonchev–Trinajstić information content (AvgIpc) is 2.38. The molecule has 0 aliphatic rings. The predicted molar refractivity (Wildman–Crippen MR) is 88.8 cm³/mol. The highest BCUT2D eigenvalue weighted by Gasteiger charge is 2.12. The summed E-state index contributed by atoms with van der Waals surface area (Å²) in [6.45, 7) is 11.0. The van der Waals surface area contributed by atoms with Crippen LogP contribution in [0, 0.1) is 5.92 Å². The molecule has 1 atom stereocenters. The number of rotatable bonds is 7. The summed E-state index contributed by atoms with van der Waals surface area (Å²) in [5, 5.41) is 3.53. The fourth-order valence-electron chi connectivity index (χ4n) is 2.02. The number of nitrogens with one attached hydrogen (secondary N) is 1. The Morgan fingerprint density at radius 1 is 1.26 bits per heavy atom. The lowest BCUT2D eigenvalue weighted by Gasteiger charge is -2.28. The van der Waals surface area contributed by atoms with Gasteiger partial charge in [0.1, 0.15) is 0 Å². The largest absolute Gasteiger partial charge is 0.372 e. The molecule has 0 saturated heterocycles. The van der Waals surface area contributed by atoms with Gasteiger partial charge in [-0.2, -0.15) is 0 Å². The van der Waals surface area contributed by atoms with Crippen LogP contribution in [0.1, 0.15) is 39.7 Å². The minimum Gasteiger partial charge on any atom is -0.372 e. The second kappa shape index (κ2) is 7.91. The SMILES string of the molecule is CCC(C)N(C)c1cc(Br)ccc1CNCC(C)C. The van der Waals surface area contributed by atoms with Crippen LogP contribution in [-0.2, 0) is 6.54 Å². The Balaban J connectivity index is 2.85. The van der Waals surface area contributed by atoms with Crippen LogP contribution in [0.4, 0.5) is 5.69 Å². The molecule has 0 aliphatic carbocycles. The van der Waals surface area contributed by atoms with Crippen molar-refractivity contribution < 1.29 is 0 Å². The van der Waals surface area contributed by atoms with Crippen molar-refractivity contribution in [1.29, 1.82) is 0 Å². The van der Waals surface area contributed by atoms with E-state index in [0.29, 0.717) is 12.0 Å². The monoisotopic (exact) mass is 326 g/mol. The molecule has 0 fully saturated rings. The van der Waals surface area contributed by atoms with E-state index < -0.39 is 0 Å². The molecule has 3 heteroatoms. The predicted octanol–water partition coefficient (Wildman–Crippen LogP) is 4.43. The van der Waals surface area contributed by atoms with E-state index in [1.54, 1.807) is 0 Å². The Morgan fingerprint density at radius 2 is 1.95 bits per heavy atom. The molecule has 0 aliphatic heterocycles. The smallest absolute Gasteiger partial charge is 0.0422 e. The maximum absolute atomic E-state index is 3.58. The summed E-state index contributed by atoms with van der Waals surface area (Å²) in [4.78, 5) is 2.37. The molecule has 108 valence electrons. The first-order valence-electron chi connectivity index (χ1n) is 7.17. The van der Waals surface area contributed by atoms with E-state index in [0.717, 1.165) is 24.0 Å². The molecule has 1 aromatic carbocycles. The molecule has 0 spiro atoms. The molecule has 19 heavy (non-hydrogen) atoms. The van der Waals surface area contributed by atoms with Crippen molar-refractivity contribution in [3.63, 3.8) is 0 Å². The summed E-state index contributed by atoms with van der Waals surface area (Å²) in [6.07, 6.45) is 1.15. The highest BCUT2D eigenvalue weighted by molar-refractivity contribution is 9.10. The second-order valence-corrected chi connectivity index (χ2v) is 6.58. The van der Waals surface area contributed by atoms with E-state index in [1.807, 2.05) is 0 Å². The van der Waals surface area contributed by atoms with Crippen molar-refractivity contribution in [3.05, 3.63) is 28.2 Å². The van der Waals surface area contributed by atoms with Crippen molar-refractivity contribution in [1.82, 2.24) is 5.32 Å². The normalized spacial score (nSPS) is 12.8. The van der Waals surface area contributed by atoms with Crippen molar-refractivity contribution in [3.8, 4) is 0 Å². The lowest BCUT2D eigenvalue weighted by Crippen LogP contribution is -2.30. The Labute approximate surface area is 126 Å². The van der Waals surface area contributed by atoms with Crippen LogP contribution in [-0.4, -0.2) is 19.6 Å². The summed E-state index contributed by atoms with van der Waals surface area (Å²) in [6, 6.07) is 7.11. The van der Waals surface area contributed by atoms with E-state index in [9.17, 15) is 0 Å². The van der Waals surface area contributed by atoms with Crippen LogP contribution < -0.4 is 10.2 Å². The Morgan fingerprint density at radius 3 is 2.53 bits per heavy atom. The standard InChI is InChI=1S/C16H27BrN2/c1-6-13(4)19(5)16-9-15(17)8-7-14(16)11-18-10-12(2)3/h7-9,12-13,18H,6,10-11H2,1-5H3. The molecule has 0 bridgehead atoms. The van der Waals surface area contributed by atoms with Gasteiger partial charge >= 0.3 is 0 Å². The van der Waals surface area contributed by atoms with Gasteiger partial charge in [0.05, 0.1) is 0 Å². The van der Waals surface area contributed by atoms with E-state index in [-0.39, 0.29) is 0 Å². The molecule has 0 amide bonds. The number of hydrogen-bond acceptors (Lipinski definition) is 2. The van der Waals surface area contributed by atoms with Crippen molar-refractivity contribution in [2.24, 2.45) is 5.92 Å². The molecule has 2 nitrogen and oxygen atoms in total. The van der Waals surface area contributed by atoms with E-state index >= 15 is 0 Å². The van der Waals surface area contributed by atoms with Gasteiger partial charge in [0.2, 0.25) is 0 Å². The topological polar surface area (TPSA) is 15.3 Å². The lowest BCUT2D eigenvalue weighted by molar-refractivity contribution is 0.551. The minimum absolute atomic E-state index is 0.554. The van der Waals surface area contributed by atoms with Gasteiger partial charge in [0.15, 0.2) is 0 Å². The van der Waals surface area contributed by atoms with Crippen LogP contribution in [0.3, 0.4) is 0 Å². The first kappa shape index (κ1) is 16.5. The zero-order valence-corrected chi connectivity index (χ0v) is 14.4. The number of nitrogens with zero attached hydrogens (tertiary/aromatic N) is 1. The fourth-order valence-corrected chi connectivity index (χ4v) is 2.37. The van der Waals surface area contributed by atoms with Crippen molar-refractivity contribution in [2.45, 2.75) is 46.7 Å². The van der Waals surface area contributed by atoms with Crippen molar-refractivity contribution in [2.75, 3.05) is 18.5 Å². The van der Waals surface area contributed by atoms with Crippen LogP contribution >= 0.6 is 15.9 Å². The Bertz CT molecular complexity index is 390. The molecular formula is C16H27BrN2. The molecule has 0 saturated carbocycles. The second-order valence-electron chi connectivity index (χ2n) is 5.67. The van der Waals surface area contributed by atoms with Crippen LogP contribution in [0.25, 0.3) is 0 Å². The average molecular weight is 327 g/mol. The Hall–Kier alpha value is -0.540. The first-order valence-corrected chi connectivity index (χ1v) is 7.97. The first-order chi connectivity index (χ1) is 8.95. The zero-order chi connectivity index (χ0) is 14.4. The summed E-state index contributed by atoms with van der Waals surface area (Å²) >= 11 is 3.58. The summed E-state index contributed by atoms with van der Waals surface area (Å²) in [5.74, 6) is 0.686. The van der Waals surface area contributed by atoms with Gasteiger partial charge in [-0.05, 0) is 43.5 Å². The molecule has 0 radical (unpaired) electrons. The molecule has 1 aromatic rings. The van der Waals surface area contributed by atoms with Gasteiger partial charge in [0, 0.05) is 29.8 Å². The summed E-state index contributed by atoms with van der Waals surface area (Å²) < 4.78 is 1.14. The van der Waals surface area contributed by atoms with E-state index in [2.05, 4.69) is 79.1 Å². The quantitative estimate of drug-likeness (QED) is 0.797. The van der Waals surface area contributed by atoms with Crippen LogP contribution in [0.2, 0.25) is 0 Å². The molecule has 0 heterocycles. The summed E-state index contributed by atoms with van der Waals surface area (Å²) in [7, 11) is 2.18. The van der Waals surface area contributed by atoms with Crippen LogP contribution in [0.15, 0.2) is 22.7 Å². The van der Waals surface area contributed by atoms with E-state index in [1.165, 1.54) is 11.3 Å². The molecule has 0 aromatic heterocycles. The van der Waals surface area contributed by atoms with Crippen LogP contribution in [0.5, 0.6) is 0 Å².